The van der Waals surface area contributed by atoms with Crippen LogP contribution in [0.4, 0.5) is 0 Å². The Morgan fingerprint density at radius 1 is 1.32 bits per heavy atom. The predicted octanol–water partition coefficient (Wildman–Crippen LogP) is 2.80. The van der Waals surface area contributed by atoms with Crippen LogP contribution in [0.15, 0.2) is 27.8 Å². The third kappa shape index (κ3) is 10.1. The number of hydrogen-bond donors (Lipinski definition) is 1. The van der Waals surface area contributed by atoms with Gasteiger partial charge in [-0.1, -0.05) is 0 Å². The van der Waals surface area contributed by atoms with E-state index in [2.05, 4.69) is 10.2 Å². The molecule has 0 aromatic carbocycles. The number of guanidine groups is 1. The minimum Gasteiger partial charge on any atom is -0.469 e. The summed E-state index contributed by atoms with van der Waals surface area (Å²) in [5.74, 6) is 2.52. The van der Waals surface area contributed by atoms with Gasteiger partial charge in [-0.2, -0.15) is 0 Å². The van der Waals surface area contributed by atoms with Gasteiger partial charge < -0.3 is 28.8 Å². The molecule has 1 fully saturated rings. The fraction of sp³-hybridized carbons (Fsp3) is 0.750. The summed E-state index contributed by atoms with van der Waals surface area (Å²) in [6.45, 7) is 9.20. The molecule has 1 aliphatic rings. The van der Waals surface area contributed by atoms with E-state index < -0.39 is 0 Å². The van der Waals surface area contributed by atoms with Gasteiger partial charge in [0.2, 0.25) is 0 Å². The molecule has 1 aliphatic heterocycles. The van der Waals surface area contributed by atoms with E-state index >= 15 is 0 Å². The average Bonchev–Trinajstić information content (AvgIpc) is 3.36. The summed E-state index contributed by atoms with van der Waals surface area (Å²) < 4.78 is 21.6. The number of rotatable bonds is 13. The van der Waals surface area contributed by atoms with Gasteiger partial charge in [0.25, 0.3) is 0 Å². The topological polar surface area (TPSA) is 68.5 Å². The van der Waals surface area contributed by atoms with Gasteiger partial charge in [-0.05, 0) is 31.9 Å². The molecule has 1 aromatic heterocycles. The normalized spacial score (nSPS) is 17.0. The van der Waals surface area contributed by atoms with Crippen LogP contribution in [0.2, 0.25) is 0 Å². The van der Waals surface area contributed by atoms with Crippen LogP contribution >= 0.6 is 24.0 Å². The number of aliphatic imine (C=N–C) groups is 1. The number of halogens is 1. The summed E-state index contributed by atoms with van der Waals surface area (Å²) >= 11 is 0. The van der Waals surface area contributed by atoms with Gasteiger partial charge in [-0.25, -0.2) is 0 Å². The van der Waals surface area contributed by atoms with Gasteiger partial charge in [-0.15, -0.1) is 24.0 Å². The van der Waals surface area contributed by atoms with Crippen molar-refractivity contribution in [1.29, 1.82) is 0 Å². The van der Waals surface area contributed by atoms with Crippen molar-refractivity contribution >= 4 is 29.9 Å². The lowest BCUT2D eigenvalue weighted by Gasteiger charge is -2.22. The molecule has 1 unspecified atom stereocenters. The first-order chi connectivity index (χ1) is 13.3. The van der Waals surface area contributed by atoms with Gasteiger partial charge in [0.05, 0.1) is 26.1 Å². The van der Waals surface area contributed by atoms with Crippen molar-refractivity contribution < 1.29 is 18.6 Å². The maximum absolute atomic E-state index is 5.70. The number of hydrogen-bond acceptors (Lipinski definition) is 5. The fourth-order valence-corrected chi connectivity index (χ4v) is 3.07. The lowest BCUT2D eigenvalue weighted by atomic mass is 10.1. The molecule has 7 nitrogen and oxygen atoms in total. The summed E-state index contributed by atoms with van der Waals surface area (Å²) in [4.78, 5) is 7.14. The highest BCUT2D eigenvalue weighted by Gasteiger charge is 2.25. The standard InChI is InChI=1S/C20H35N3O4.HI/c1-3-25-12-5-9-21-20(22-10-7-19-6-4-13-27-19)23-11-8-18(16-23)17-26-15-14-24-2;/h4,6,13,18H,3,5,7-12,14-17H2,1-2H3,(H,21,22);1H. The van der Waals surface area contributed by atoms with Crippen LogP contribution in [-0.2, 0) is 20.6 Å². The Labute approximate surface area is 186 Å². The first kappa shape index (κ1) is 25.2. The van der Waals surface area contributed by atoms with Crippen LogP contribution in [0.5, 0.6) is 0 Å². The maximum Gasteiger partial charge on any atom is 0.193 e. The highest BCUT2D eigenvalue weighted by molar-refractivity contribution is 14.0. The quantitative estimate of drug-likeness (QED) is 0.191. The smallest absolute Gasteiger partial charge is 0.193 e. The van der Waals surface area contributed by atoms with Crippen LogP contribution in [0.3, 0.4) is 0 Å². The van der Waals surface area contributed by atoms with Crippen molar-refractivity contribution in [3.63, 3.8) is 0 Å². The van der Waals surface area contributed by atoms with Crippen molar-refractivity contribution in [2.24, 2.45) is 10.9 Å². The van der Waals surface area contributed by atoms with Crippen LogP contribution in [0.25, 0.3) is 0 Å². The van der Waals surface area contributed by atoms with Crippen molar-refractivity contribution in [2.75, 3.05) is 66.3 Å². The number of ether oxygens (including phenoxy) is 3. The van der Waals surface area contributed by atoms with E-state index in [0.717, 1.165) is 77.0 Å². The van der Waals surface area contributed by atoms with Gasteiger partial charge in [0, 0.05) is 58.8 Å². The van der Waals surface area contributed by atoms with E-state index in [1.54, 1.807) is 13.4 Å². The Morgan fingerprint density at radius 3 is 2.96 bits per heavy atom. The minimum atomic E-state index is 0. The molecule has 1 N–H and O–H groups in total. The van der Waals surface area contributed by atoms with Gasteiger partial charge in [0.1, 0.15) is 5.76 Å². The molecule has 1 saturated heterocycles. The molecule has 2 rings (SSSR count). The molecule has 0 spiro atoms. The van der Waals surface area contributed by atoms with Crippen molar-refractivity contribution in [3.05, 3.63) is 24.2 Å². The maximum atomic E-state index is 5.70. The molecule has 0 bridgehead atoms. The zero-order valence-electron chi connectivity index (χ0n) is 17.2. The lowest BCUT2D eigenvalue weighted by Crippen LogP contribution is -2.41. The van der Waals surface area contributed by atoms with Crippen LogP contribution in [-0.4, -0.2) is 77.2 Å². The predicted molar refractivity (Wildman–Crippen MR) is 122 cm³/mol. The van der Waals surface area contributed by atoms with Crippen molar-refractivity contribution in [2.45, 2.75) is 26.2 Å². The summed E-state index contributed by atoms with van der Waals surface area (Å²) in [5, 5.41) is 3.50. The SMILES string of the molecule is CCOCCCN=C(NCCc1ccco1)N1CCC(COCCOC)C1.I. The Kier molecular flexibility index (Phi) is 14.4. The average molecular weight is 509 g/mol. The van der Waals surface area contributed by atoms with Crippen molar-refractivity contribution in [1.82, 2.24) is 10.2 Å². The Hall–Kier alpha value is -0.840. The van der Waals surface area contributed by atoms with E-state index in [1.807, 2.05) is 19.1 Å². The Balaban J connectivity index is 0.00000392. The first-order valence-electron chi connectivity index (χ1n) is 10.0. The molecule has 2 heterocycles. The second-order valence-corrected chi connectivity index (χ2v) is 6.68. The molecule has 162 valence electrons. The Bertz CT molecular complexity index is 514. The largest absolute Gasteiger partial charge is 0.469 e. The highest BCUT2D eigenvalue weighted by atomic mass is 127. The summed E-state index contributed by atoms with van der Waals surface area (Å²) in [7, 11) is 1.70. The summed E-state index contributed by atoms with van der Waals surface area (Å²) in [6.07, 6.45) is 4.63. The molecule has 1 atom stereocenters. The van der Waals surface area contributed by atoms with Crippen LogP contribution in [0.1, 0.15) is 25.5 Å². The summed E-state index contributed by atoms with van der Waals surface area (Å²) in [6, 6.07) is 3.93. The van der Waals surface area contributed by atoms with Gasteiger partial charge in [0.15, 0.2) is 5.96 Å². The molecule has 0 radical (unpaired) electrons. The molecule has 28 heavy (non-hydrogen) atoms. The third-order valence-corrected chi connectivity index (χ3v) is 4.52. The Morgan fingerprint density at radius 2 is 2.21 bits per heavy atom. The monoisotopic (exact) mass is 509 g/mol. The highest BCUT2D eigenvalue weighted by Crippen LogP contribution is 2.16. The second kappa shape index (κ2) is 16.0. The summed E-state index contributed by atoms with van der Waals surface area (Å²) in [5.41, 5.74) is 0. The second-order valence-electron chi connectivity index (χ2n) is 6.68. The van der Waals surface area contributed by atoms with E-state index in [1.165, 1.54) is 0 Å². The van der Waals surface area contributed by atoms with Gasteiger partial charge in [-0.3, -0.25) is 4.99 Å². The number of likely N-dealkylation sites (tertiary alicyclic amines) is 1. The van der Waals surface area contributed by atoms with E-state index in [4.69, 9.17) is 23.6 Å². The fourth-order valence-electron chi connectivity index (χ4n) is 3.07. The molecular formula is C20H36IN3O4. The molecule has 0 saturated carbocycles. The number of nitrogens with zero attached hydrogens (tertiary/aromatic N) is 2. The van der Waals surface area contributed by atoms with E-state index in [0.29, 0.717) is 19.1 Å². The van der Waals surface area contributed by atoms with E-state index in [-0.39, 0.29) is 24.0 Å². The molecule has 0 aliphatic carbocycles. The zero-order chi connectivity index (χ0) is 19.2. The molecule has 8 heteroatoms. The third-order valence-electron chi connectivity index (χ3n) is 4.52. The molecule has 1 aromatic rings. The van der Waals surface area contributed by atoms with E-state index in [9.17, 15) is 0 Å². The molecule has 0 amide bonds. The molecular weight excluding hydrogens is 473 g/mol. The minimum absolute atomic E-state index is 0. The lowest BCUT2D eigenvalue weighted by molar-refractivity contribution is 0.0536. The van der Waals surface area contributed by atoms with Crippen LogP contribution < -0.4 is 5.32 Å². The number of furan rings is 1. The van der Waals surface area contributed by atoms with Gasteiger partial charge >= 0.3 is 0 Å². The zero-order valence-corrected chi connectivity index (χ0v) is 19.6. The number of nitrogens with one attached hydrogen (secondary N) is 1. The number of methoxy groups -OCH3 is 1. The van der Waals surface area contributed by atoms with Crippen molar-refractivity contribution in [3.8, 4) is 0 Å². The van der Waals surface area contributed by atoms with Crippen LogP contribution in [0, 0.1) is 5.92 Å². The first-order valence-corrected chi connectivity index (χ1v) is 10.0.